The first-order valence-corrected chi connectivity index (χ1v) is 10.1. The van der Waals surface area contributed by atoms with Gasteiger partial charge >= 0.3 is 6.18 Å². The maximum Gasteiger partial charge on any atom is 0.416 e. The molecule has 0 radical (unpaired) electrons. The van der Waals surface area contributed by atoms with Crippen molar-refractivity contribution in [2.75, 3.05) is 51.3 Å². The van der Waals surface area contributed by atoms with Crippen molar-refractivity contribution in [1.29, 1.82) is 0 Å². The number of rotatable bonds is 9. The number of carbonyl (C=O) groups is 1. The average Bonchev–Trinajstić information content (AvgIpc) is 2.77. The van der Waals surface area contributed by atoms with Crippen molar-refractivity contribution >= 4 is 11.6 Å². The van der Waals surface area contributed by atoms with E-state index in [2.05, 4.69) is 15.5 Å². The Labute approximate surface area is 179 Å². The van der Waals surface area contributed by atoms with E-state index in [1.165, 1.54) is 12.1 Å². The number of hydrogen-bond donors (Lipinski definition) is 2. The van der Waals surface area contributed by atoms with Crippen LogP contribution in [0.4, 0.5) is 18.9 Å². The van der Waals surface area contributed by atoms with Gasteiger partial charge in [-0.15, -0.1) is 0 Å². The molecule has 0 unspecified atom stereocenters. The molecular weight excluding hydrogens is 411 g/mol. The highest BCUT2D eigenvalue weighted by Crippen LogP contribution is 2.30. The number of halogens is 3. The van der Waals surface area contributed by atoms with Crippen LogP contribution in [0.25, 0.3) is 0 Å². The summed E-state index contributed by atoms with van der Waals surface area (Å²) in [6.07, 6.45) is -4.42. The monoisotopic (exact) mass is 437 g/mol. The highest BCUT2D eigenvalue weighted by Gasteiger charge is 2.30. The minimum atomic E-state index is -4.42. The van der Waals surface area contributed by atoms with E-state index in [1.54, 1.807) is 0 Å². The molecule has 168 valence electrons. The second-order valence-electron chi connectivity index (χ2n) is 7.16. The van der Waals surface area contributed by atoms with Gasteiger partial charge in [0, 0.05) is 31.9 Å². The van der Waals surface area contributed by atoms with E-state index in [9.17, 15) is 18.0 Å². The Balaban J connectivity index is 1.40. The predicted molar refractivity (Wildman–Crippen MR) is 111 cm³/mol. The summed E-state index contributed by atoms with van der Waals surface area (Å²) in [6, 6.07) is 12.2. The SMILES string of the molecule is O=C(CNc1cccc(C(F)(F)F)c1)NCc1cccc(OCCN2CCOCC2)c1. The van der Waals surface area contributed by atoms with Crippen LogP contribution in [-0.2, 0) is 22.3 Å². The summed E-state index contributed by atoms with van der Waals surface area (Å²) in [6.45, 7) is 4.87. The number of amides is 1. The minimum absolute atomic E-state index is 0.128. The average molecular weight is 437 g/mol. The van der Waals surface area contributed by atoms with E-state index in [0.29, 0.717) is 13.2 Å². The molecule has 1 aliphatic rings. The molecule has 1 saturated heterocycles. The van der Waals surface area contributed by atoms with Gasteiger partial charge in [-0.3, -0.25) is 9.69 Å². The molecule has 3 rings (SSSR count). The summed E-state index contributed by atoms with van der Waals surface area (Å²) in [5.41, 5.74) is 0.347. The highest BCUT2D eigenvalue weighted by atomic mass is 19.4. The Kier molecular flexibility index (Phi) is 8.13. The Bertz CT molecular complexity index is 855. The second kappa shape index (κ2) is 11.0. The van der Waals surface area contributed by atoms with Crippen LogP contribution in [-0.4, -0.2) is 56.8 Å². The topological polar surface area (TPSA) is 62.8 Å². The van der Waals surface area contributed by atoms with Crippen molar-refractivity contribution in [1.82, 2.24) is 10.2 Å². The summed E-state index contributed by atoms with van der Waals surface area (Å²) in [4.78, 5) is 14.3. The second-order valence-corrected chi connectivity index (χ2v) is 7.16. The molecule has 31 heavy (non-hydrogen) atoms. The lowest BCUT2D eigenvalue weighted by Gasteiger charge is -2.26. The summed E-state index contributed by atoms with van der Waals surface area (Å²) >= 11 is 0. The zero-order chi connectivity index (χ0) is 22.1. The van der Waals surface area contributed by atoms with Gasteiger partial charge in [0.1, 0.15) is 12.4 Å². The number of ether oxygens (including phenoxy) is 2. The molecule has 1 fully saturated rings. The van der Waals surface area contributed by atoms with Gasteiger partial charge < -0.3 is 20.1 Å². The number of morpholine rings is 1. The number of anilines is 1. The van der Waals surface area contributed by atoms with Crippen LogP contribution in [0, 0.1) is 0 Å². The van der Waals surface area contributed by atoms with E-state index in [4.69, 9.17) is 9.47 Å². The fourth-order valence-electron chi connectivity index (χ4n) is 3.11. The van der Waals surface area contributed by atoms with Crippen molar-refractivity contribution in [3.8, 4) is 5.75 Å². The number of nitrogens with zero attached hydrogens (tertiary/aromatic N) is 1. The lowest BCUT2D eigenvalue weighted by molar-refractivity contribution is -0.137. The number of nitrogens with one attached hydrogen (secondary N) is 2. The third-order valence-corrected chi connectivity index (χ3v) is 4.81. The van der Waals surface area contributed by atoms with Gasteiger partial charge in [-0.05, 0) is 35.9 Å². The molecular formula is C22H26F3N3O3. The zero-order valence-corrected chi connectivity index (χ0v) is 17.1. The highest BCUT2D eigenvalue weighted by molar-refractivity contribution is 5.80. The van der Waals surface area contributed by atoms with Gasteiger partial charge in [-0.1, -0.05) is 18.2 Å². The minimum Gasteiger partial charge on any atom is -0.492 e. The van der Waals surface area contributed by atoms with Crippen molar-refractivity contribution in [3.05, 3.63) is 59.7 Å². The van der Waals surface area contributed by atoms with Crippen molar-refractivity contribution in [3.63, 3.8) is 0 Å². The third kappa shape index (κ3) is 7.76. The molecule has 0 bridgehead atoms. The lowest BCUT2D eigenvalue weighted by Crippen LogP contribution is -2.38. The zero-order valence-electron chi connectivity index (χ0n) is 17.1. The summed E-state index contributed by atoms with van der Waals surface area (Å²) < 4.78 is 49.4. The van der Waals surface area contributed by atoms with Crippen LogP contribution >= 0.6 is 0 Å². The van der Waals surface area contributed by atoms with Crippen molar-refractivity contribution < 1.29 is 27.4 Å². The third-order valence-electron chi connectivity index (χ3n) is 4.81. The molecule has 6 nitrogen and oxygen atoms in total. The van der Waals surface area contributed by atoms with Crippen LogP contribution in [0.15, 0.2) is 48.5 Å². The van der Waals surface area contributed by atoms with Gasteiger partial charge in [-0.25, -0.2) is 0 Å². The van der Waals surface area contributed by atoms with Crippen LogP contribution in [0.2, 0.25) is 0 Å². The largest absolute Gasteiger partial charge is 0.492 e. The molecule has 2 aromatic rings. The standard InChI is InChI=1S/C22H26F3N3O3/c23-22(24,25)18-4-2-5-19(14-18)26-16-21(29)27-15-17-3-1-6-20(13-17)31-12-9-28-7-10-30-11-8-28/h1-6,13-14,26H,7-12,15-16H2,(H,27,29). The first kappa shape index (κ1) is 22.9. The van der Waals surface area contributed by atoms with Gasteiger partial charge in [0.05, 0.1) is 25.3 Å². The van der Waals surface area contributed by atoms with E-state index in [-0.39, 0.29) is 18.1 Å². The molecule has 0 atom stereocenters. The fourth-order valence-corrected chi connectivity index (χ4v) is 3.11. The maximum atomic E-state index is 12.8. The van der Waals surface area contributed by atoms with Gasteiger partial charge in [0.15, 0.2) is 0 Å². The summed E-state index contributed by atoms with van der Waals surface area (Å²) in [7, 11) is 0. The quantitative estimate of drug-likeness (QED) is 0.631. The number of benzene rings is 2. The molecule has 0 spiro atoms. The molecule has 0 aromatic heterocycles. The predicted octanol–water partition coefficient (Wildman–Crippen LogP) is 3.14. The first-order chi connectivity index (χ1) is 14.9. The molecule has 0 aliphatic carbocycles. The van der Waals surface area contributed by atoms with E-state index in [0.717, 1.165) is 56.3 Å². The smallest absolute Gasteiger partial charge is 0.416 e. The number of carbonyl (C=O) groups excluding carboxylic acids is 1. The first-order valence-electron chi connectivity index (χ1n) is 10.1. The van der Waals surface area contributed by atoms with Gasteiger partial charge in [0.25, 0.3) is 0 Å². The summed E-state index contributed by atoms with van der Waals surface area (Å²) in [5, 5.41) is 5.46. The normalized spacial score (nSPS) is 14.8. The van der Waals surface area contributed by atoms with Crippen LogP contribution < -0.4 is 15.4 Å². The van der Waals surface area contributed by atoms with Crippen molar-refractivity contribution in [2.24, 2.45) is 0 Å². The molecule has 2 aromatic carbocycles. The molecule has 0 saturated carbocycles. The van der Waals surface area contributed by atoms with Crippen LogP contribution in [0.1, 0.15) is 11.1 Å². The molecule has 2 N–H and O–H groups in total. The van der Waals surface area contributed by atoms with E-state index < -0.39 is 11.7 Å². The van der Waals surface area contributed by atoms with Gasteiger partial charge in [-0.2, -0.15) is 13.2 Å². The van der Waals surface area contributed by atoms with Crippen LogP contribution in [0.3, 0.4) is 0 Å². The van der Waals surface area contributed by atoms with Gasteiger partial charge in [0.2, 0.25) is 5.91 Å². The number of alkyl halides is 3. The summed E-state index contributed by atoms with van der Waals surface area (Å²) in [5.74, 6) is 0.401. The Morgan fingerprint density at radius 2 is 1.87 bits per heavy atom. The Morgan fingerprint density at radius 1 is 1.10 bits per heavy atom. The van der Waals surface area contributed by atoms with Crippen molar-refractivity contribution in [2.45, 2.75) is 12.7 Å². The maximum absolute atomic E-state index is 12.8. The Morgan fingerprint density at radius 3 is 2.65 bits per heavy atom. The molecule has 1 heterocycles. The van der Waals surface area contributed by atoms with Crippen LogP contribution in [0.5, 0.6) is 5.75 Å². The molecule has 1 amide bonds. The fraction of sp³-hybridized carbons (Fsp3) is 0.409. The lowest BCUT2D eigenvalue weighted by atomic mass is 10.2. The molecule has 9 heteroatoms. The van der Waals surface area contributed by atoms with E-state index in [1.807, 2.05) is 24.3 Å². The molecule has 1 aliphatic heterocycles. The van der Waals surface area contributed by atoms with E-state index >= 15 is 0 Å². The Hall–Kier alpha value is -2.78. The number of hydrogen-bond acceptors (Lipinski definition) is 5.